The van der Waals surface area contributed by atoms with Gasteiger partial charge in [-0.3, -0.25) is 4.98 Å². The molecule has 0 amide bonds. The van der Waals surface area contributed by atoms with Gasteiger partial charge in [-0.1, -0.05) is 6.07 Å². The molecule has 8 heteroatoms. The number of nitrogen functional groups attached to an aromatic ring is 1. The van der Waals surface area contributed by atoms with Gasteiger partial charge >= 0.3 is 0 Å². The molecule has 0 saturated carbocycles. The molecule has 0 aliphatic heterocycles. The van der Waals surface area contributed by atoms with Crippen molar-refractivity contribution in [3.05, 3.63) is 53.9 Å². The van der Waals surface area contributed by atoms with Crippen LogP contribution in [0.25, 0.3) is 0 Å². The van der Waals surface area contributed by atoms with Gasteiger partial charge in [0.05, 0.1) is 0 Å². The molecule has 21 heavy (non-hydrogen) atoms. The molecule has 0 bridgehead atoms. The van der Waals surface area contributed by atoms with Crippen LogP contribution in [0.5, 0.6) is 0 Å². The van der Waals surface area contributed by atoms with Crippen LogP contribution in [0.4, 0.5) is 14.5 Å². The Bertz CT molecular complexity index is 752. The fourth-order valence-corrected chi connectivity index (χ4v) is 3.04. The third kappa shape index (κ3) is 3.17. The number of benzene rings is 1. The first-order valence-corrected chi connectivity index (χ1v) is 7.36. The van der Waals surface area contributed by atoms with E-state index in [9.17, 15) is 17.2 Å². The van der Waals surface area contributed by atoms with Crippen molar-refractivity contribution < 1.29 is 17.2 Å². The third-order valence-electron chi connectivity index (χ3n) is 2.83. The van der Waals surface area contributed by atoms with E-state index in [2.05, 4.69) is 4.98 Å². The molecule has 0 aliphatic carbocycles. The highest BCUT2D eigenvalue weighted by Crippen LogP contribution is 2.24. The van der Waals surface area contributed by atoms with Gasteiger partial charge in [0.1, 0.15) is 4.90 Å². The lowest BCUT2D eigenvalue weighted by molar-refractivity contribution is 0.447. The van der Waals surface area contributed by atoms with Gasteiger partial charge in [0, 0.05) is 31.7 Å². The van der Waals surface area contributed by atoms with Crippen LogP contribution in [0.2, 0.25) is 0 Å². The second-order valence-electron chi connectivity index (χ2n) is 4.44. The van der Waals surface area contributed by atoms with Crippen LogP contribution in [0, 0.1) is 11.6 Å². The summed E-state index contributed by atoms with van der Waals surface area (Å²) in [7, 11) is -2.94. The number of nitrogens with two attached hydrogens (primary N) is 1. The first kappa shape index (κ1) is 15.3. The summed E-state index contributed by atoms with van der Waals surface area (Å²) in [5.41, 5.74) is 5.83. The Labute approximate surface area is 121 Å². The lowest BCUT2D eigenvalue weighted by atomic mass is 10.3. The lowest BCUT2D eigenvalue weighted by Gasteiger charge is -2.18. The normalized spacial score (nSPS) is 11.8. The molecule has 0 aliphatic rings. The van der Waals surface area contributed by atoms with Gasteiger partial charge in [0.25, 0.3) is 0 Å². The van der Waals surface area contributed by atoms with Crippen LogP contribution in [0.3, 0.4) is 0 Å². The quantitative estimate of drug-likeness (QED) is 0.873. The largest absolute Gasteiger partial charge is 0.399 e. The summed E-state index contributed by atoms with van der Waals surface area (Å²) in [5.74, 6) is -2.74. The molecule has 1 aromatic carbocycles. The Balaban J connectivity index is 2.38. The fourth-order valence-electron chi connectivity index (χ4n) is 1.77. The monoisotopic (exact) mass is 313 g/mol. The summed E-state index contributed by atoms with van der Waals surface area (Å²) >= 11 is 0. The van der Waals surface area contributed by atoms with E-state index in [0.717, 1.165) is 16.4 Å². The molecule has 0 unspecified atom stereocenters. The number of sulfonamides is 1. The number of aromatic nitrogens is 1. The molecule has 0 atom stereocenters. The minimum Gasteiger partial charge on any atom is -0.399 e. The zero-order valence-electron chi connectivity index (χ0n) is 11.1. The lowest BCUT2D eigenvalue weighted by Crippen LogP contribution is -2.27. The molecule has 0 radical (unpaired) electrons. The highest BCUT2D eigenvalue weighted by atomic mass is 32.2. The van der Waals surface area contributed by atoms with Gasteiger partial charge in [-0.2, -0.15) is 4.31 Å². The maximum Gasteiger partial charge on any atom is 0.246 e. The van der Waals surface area contributed by atoms with Crippen molar-refractivity contribution in [2.75, 3.05) is 12.8 Å². The minimum atomic E-state index is -4.20. The van der Waals surface area contributed by atoms with Crippen LogP contribution in [0.15, 0.2) is 41.6 Å². The third-order valence-corrected chi connectivity index (χ3v) is 4.64. The zero-order valence-corrected chi connectivity index (χ0v) is 11.9. The van der Waals surface area contributed by atoms with Gasteiger partial charge in [-0.05, 0) is 23.8 Å². The Kier molecular flexibility index (Phi) is 4.19. The molecule has 2 rings (SSSR count). The van der Waals surface area contributed by atoms with E-state index in [0.29, 0.717) is 5.56 Å². The summed E-state index contributed by atoms with van der Waals surface area (Å²) in [4.78, 5) is 3.08. The Morgan fingerprint density at radius 1 is 1.33 bits per heavy atom. The van der Waals surface area contributed by atoms with Crippen molar-refractivity contribution >= 4 is 15.7 Å². The Morgan fingerprint density at radius 2 is 2.05 bits per heavy atom. The van der Waals surface area contributed by atoms with E-state index in [-0.39, 0.29) is 12.2 Å². The van der Waals surface area contributed by atoms with Crippen molar-refractivity contribution in [1.82, 2.24) is 9.29 Å². The summed E-state index contributed by atoms with van der Waals surface area (Å²) in [5, 5.41) is 0. The second kappa shape index (κ2) is 5.74. The predicted octanol–water partition coefficient (Wildman–Crippen LogP) is 1.76. The number of anilines is 1. The maximum atomic E-state index is 13.7. The van der Waals surface area contributed by atoms with Crippen molar-refractivity contribution in [3.63, 3.8) is 0 Å². The molecule has 2 N–H and O–H groups in total. The standard InChI is InChI=1S/C13H13F2N3O2S/c1-18(8-9-3-2-4-17-7-9)21(19,20)12-6-10(16)5-11(14)13(12)15/h2-7H,8,16H2,1H3. The van der Waals surface area contributed by atoms with E-state index < -0.39 is 26.6 Å². The summed E-state index contributed by atoms with van der Waals surface area (Å²) in [6.45, 7) is -0.0218. The second-order valence-corrected chi connectivity index (χ2v) is 6.45. The summed E-state index contributed by atoms with van der Waals surface area (Å²) < 4.78 is 52.6. The molecule has 0 spiro atoms. The van der Waals surface area contributed by atoms with Crippen LogP contribution in [-0.2, 0) is 16.6 Å². The van der Waals surface area contributed by atoms with Crippen LogP contribution >= 0.6 is 0 Å². The molecular weight excluding hydrogens is 300 g/mol. The van der Waals surface area contributed by atoms with Gasteiger partial charge in [0.15, 0.2) is 11.6 Å². The van der Waals surface area contributed by atoms with Crippen LogP contribution in [-0.4, -0.2) is 24.8 Å². The first-order chi connectivity index (χ1) is 9.82. The highest BCUT2D eigenvalue weighted by molar-refractivity contribution is 7.89. The fraction of sp³-hybridized carbons (Fsp3) is 0.154. The van der Waals surface area contributed by atoms with E-state index in [1.54, 1.807) is 18.3 Å². The van der Waals surface area contributed by atoms with E-state index in [1.807, 2.05) is 0 Å². The Morgan fingerprint density at radius 3 is 2.67 bits per heavy atom. The summed E-state index contributed by atoms with van der Waals surface area (Å²) in [6, 6.07) is 4.95. The van der Waals surface area contributed by atoms with E-state index in [1.165, 1.54) is 13.2 Å². The van der Waals surface area contributed by atoms with Crippen LogP contribution in [0.1, 0.15) is 5.56 Å². The smallest absolute Gasteiger partial charge is 0.246 e. The number of hydrogen-bond donors (Lipinski definition) is 1. The highest BCUT2D eigenvalue weighted by Gasteiger charge is 2.27. The molecule has 1 aromatic heterocycles. The number of hydrogen-bond acceptors (Lipinski definition) is 4. The van der Waals surface area contributed by atoms with Gasteiger partial charge in [-0.15, -0.1) is 0 Å². The molecule has 2 aromatic rings. The molecule has 112 valence electrons. The van der Waals surface area contributed by atoms with Crippen molar-refractivity contribution in [1.29, 1.82) is 0 Å². The van der Waals surface area contributed by atoms with Crippen LogP contribution < -0.4 is 5.73 Å². The van der Waals surface area contributed by atoms with Crippen molar-refractivity contribution in [2.24, 2.45) is 0 Å². The predicted molar refractivity (Wildman–Crippen MR) is 73.7 cm³/mol. The van der Waals surface area contributed by atoms with Crippen molar-refractivity contribution in [2.45, 2.75) is 11.4 Å². The average Bonchev–Trinajstić information content (AvgIpc) is 2.43. The molecule has 1 heterocycles. The molecule has 5 nitrogen and oxygen atoms in total. The van der Waals surface area contributed by atoms with E-state index >= 15 is 0 Å². The zero-order chi connectivity index (χ0) is 15.6. The number of halogens is 2. The van der Waals surface area contributed by atoms with Gasteiger partial charge in [-0.25, -0.2) is 17.2 Å². The Hall–Kier alpha value is -2.06. The summed E-state index contributed by atoms with van der Waals surface area (Å²) in [6.07, 6.45) is 3.03. The van der Waals surface area contributed by atoms with E-state index in [4.69, 9.17) is 5.73 Å². The first-order valence-electron chi connectivity index (χ1n) is 5.92. The average molecular weight is 313 g/mol. The minimum absolute atomic E-state index is 0.0218. The van der Waals surface area contributed by atoms with Crippen molar-refractivity contribution in [3.8, 4) is 0 Å². The maximum absolute atomic E-state index is 13.7. The molecule has 0 saturated heterocycles. The molecular formula is C13H13F2N3O2S. The number of rotatable bonds is 4. The van der Waals surface area contributed by atoms with Gasteiger partial charge in [0.2, 0.25) is 10.0 Å². The molecule has 0 fully saturated rings. The van der Waals surface area contributed by atoms with Gasteiger partial charge < -0.3 is 5.73 Å². The number of pyridine rings is 1. The topological polar surface area (TPSA) is 76.3 Å². The number of nitrogens with zero attached hydrogens (tertiary/aromatic N) is 2. The SMILES string of the molecule is CN(Cc1cccnc1)S(=O)(=O)c1cc(N)cc(F)c1F.